The van der Waals surface area contributed by atoms with Gasteiger partial charge in [0.2, 0.25) is 5.91 Å². The van der Waals surface area contributed by atoms with Crippen molar-refractivity contribution in [1.82, 2.24) is 14.8 Å². The molecular weight excluding hydrogens is 388 g/mol. The Labute approximate surface area is 169 Å². The zero-order valence-corrected chi connectivity index (χ0v) is 16.7. The molecule has 1 aliphatic rings. The van der Waals surface area contributed by atoms with Crippen molar-refractivity contribution in [1.29, 1.82) is 0 Å². The van der Waals surface area contributed by atoms with Gasteiger partial charge in [0.15, 0.2) is 9.84 Å². The first-order chi connectivity index (χ1) is 14.0. The van der Waals surface area contributed by atoms with Crippen molar-refractivity contribution in [2.45, 2.75) is 37.1 Å². The molecule has 8 heteroatoms. The molecule has 0 atom stereocenters. The predicted molar refractivity (Wildman–Crippen MR) is 109 cm³/mol. The summed E-state index contributed by atoms with van der Waals surface area (Å²) >= 11 is 0. The van der Waals surface area contributed by atoms with Crippen LogP contribution >= 0.6 is 0 Å². The maximum absolute atomic E-state index is 12.6. The van der Waals surface area contributed by atoms with E-state index in [1.807, 2.05) is 18.2 Å². The minimum atomic E-state index is -3.48. The summed E-state index contributed by atoms with van der Waals surface area (Å²) in [5.74, 6) is -0.527. The summed E-state index contributed by atoms with van der Waals surface area (Å²) in [5.41, 5.74) is 4.00. The molecule has 0 saturated carbocycles. The van der Waals surface area contributed by atoms with Crippen LogP contribution in [0.2, 0.25) is 0 Å². The number of carbonyl (C=O) groups is 1. The second kappa shape index (κ2) is 8.16. The van der Waals surface area contributed by atoms with Crippen molar-refractivity contribution in [3.05, 3.63) is 71.8 Å². The topological polar surface area (TPSA) is 94.0 Å². The third-order valence-corrected chi connectivity index (χ3v) is 6.79. The largest absolute Gasteiger partial charge is 0.326 e. The lowest BCUT2D eigenvalue weighted by Gasteiger charge is -2.09. The van der Waals surface area contributed by atoms with E-state index >= 15 is 0 Å². The average molecular weight is 410 g/mol. The van der Waals surface area contributed by atoms with Crippen LogP contribution in [0.15, 0.2) is 60.0 Å². The van der Waals surface area contributed by atoms with Gasteiger partial charge in [0.05, 0.1) is 17.2 Å². The molecular formula is C21H22N4O3S. The molecule has 0 radical (unpaired) electrons. The highest BCUT2D eigenvalue weighted by Gasteiger charge is 2.20. The number of anilines is 1. The van der Waals surface area contributed by atoms with Crippen LogP contribution in [0.5, 0.6) is 0 Å². The lowest BCUT2D eigenvalue weighted by molar-refractivity contribution is -0.115. The molecule has 0 spiro atoms. The highest BCUT2D eigenvalue weighted by atomic mass is 32.2. The van der Waals surface area contributed by atoms with E-state index in [0.29, 0.717) is 17.1 Å². The molecule has 3 aromatic rings. The van der Waals surface area contributed by atoms with E-state index in [9.17, 15) is 13.2 Å². The maximum atomic E-state index is 12.6. The fourth-order valence-electron chi connectivity index (χ4n) is 3.50. The summed E-state index contributed by atoms with van der Waals surface area (Å²) in [7, 11) is -3.48. The van der Waals surface area contributed by atoms with Gasteiger partial charge in [0.1, 0.15) is 12.7 Å². The van der Waals surface area contributed by atoms with Crippen LogP contribution in [0.4, 0.5) is 5.69 Å². The second-order valence-electron chi connectivity index (χ2n) is 7.19. The van der Waals surface area contributed by atoms with Gasteiger partial charge in [-0.15, -0.1) is 0 Å². The van der Waals surface area contributed by atoms with Crippen LogP contribution in [0.3, 0.4) is 0 Å². The summed E-state index contributed by atoms with van der Waals surface area (Å²) in [6.45, 7) is 0.591. The van der Waals surface area contributed by atoms with E-state index in [4.69, 9.17) is 0 Å². The van der Waals surface area contributed by atoms with Crippen LogP contribution in [-0.4, -0.2) is 34.8 Å². The van der Waals surface area contributed by atoms with E-state index in [0.717, 1.165) is 30.4 Å². The Morgan fingerprint density at radius 2 is 1.86 bits per heavy atom. The average Bonchev–Trinajstić information content (AvgIpc) is 3.39. The molecule has 0 unspecified atom stereocenters. The summed E-state index contributed by atoms with van der Waals surface area (Å²) in [5, 5.41) is 6.81. The van der Waals surface area contributed by atoms with Gasteiger partial charge in [-0.1, -0.05) is 18.2 Å². The van der Waals surface area contributed by atoms with Crippen LogP contribution in [0, 0.1) is 0 Å². The minimum absolute atomic E-state index is 0.0832. The van der Waals surface area contributed by atoms with Crippen LogP contribution in [-0.2, 0) is 34.0 Å². The first kappa shape index (κ1) is 19.3. The molecule has 1 amide bonds. The number of sulfone groups is 1. The molecule has 0 bridgehead atoms. The fraction of sp³-hybridized carbons (Fsp3) is 0.286. The zero-order chi connectivity index (χ0) is 20.3. The molecule has 0 saturated heterocycles. The number of carbonyl (C=O) groups excluding carboxylic acids is 1. The lowest BCUT2D eigenvalue weighted by atomic mass is 10.1. The minimum Gasteiger partial charge on any atom is -0.326 e. The molecule has 2 aromatic carbocycles. The van der Waals surface area contributed by atoms with Gasteiger partial charge in [0.25, 0.3) is 0 Å². The lowest BCUT2D eigenvalue weighted by Crippen LogP contribution is -2.17. The van der Waals surface area contributed by atoms with Gasteiger partial charge in [-0.25, -0.2) is 18.1 Å². The predicted octanol–water partition coefficient (Wildman–Crippen LogP) is 2.62. The smallest absolute Gasteiger partial charge is 0.225 e. The molecule has 1 N–H and O–H groups in total. The van der Waals surface area contributed by atoms with Crippen molar-refractivity contribution in [3.8, 4) is 0 Å². The molecule has 7 nitrogen and oxygen atoms in total. The fourth-order valence-corrected chi connectivity index (χ4v) is 4.79. The number of nitrogens with zero attached hydrogens (tertiary/aromatic N) is 3. The number of aromatic nitrogens is 3. The van der Waals surface area contributed by atoms with Gasteiger partial charge < -0.3 is 5.32 Å². The standard InChI is InChI=1S/C21H22N4O3S/c26-21(24-19-7-4-16(5-8-19)13-25-15-22-14-23-25)10-11-29(27,28)20-9-6-17-2-1-3-18(17)12-20/h4-9,12,14-15H,1-3,10-11,13H2,(H,24,26). The Bertz CT molecular complexity index is 1110. The Morgan fingerprint density at radius 3 is 2.62 bits per heavy atom. The Kier molecular flexibility index (Phi) is 5.44. The second-order valence-corrected chi connectivity index (χ2v) is 9.30. The molecule has 150 valence electrons. The van der Waals surface area contributed by atoms with Gasteiger partial charge in [0, 0.05) is 12.1 Å². The molecule has 0 aliphatic heterocycles. The number of fused-ring (bicyclic) bond motifs is 1. The normalized spacial score (nSPS) is 13.2. The summed E-state index contributed by atoms with van der Waals surface area (Å²) < 4.78 is 26.9. The van der Waals surface area contributed by atoms with Crippen molar-refractivity contribution >= 4 is 21.4 Å². The number of rotatable bonds is 7. The van der Waals surface area contributed by atoms with E-state index in [1.54, 1.807) is 35.3 Å². The third kappa shape index (κ3) is 4.71. The van der Waals surface area contributed by atoms with Crippen molar-refractivity contribution in [2.75, 3.05) is 11.1 Å². The van der Waals surface area contributed by atoms with Crippen molar-refractivity contribution < 1.29 is 13.2 Å². The van der Waals surface area contributed by atoms with Crippen molar-refractivity contribution in [2.24, 2.45) is 0 Å². The SMILES string of the molecule is O=C(CCS(=O)(=O)c1ccc2c(c1)CCC2)Nc1ccc(Cn2cncn2)cc1. The van der Waals surface area contributed by atoms with E-state index in [-0.39, 0.29) is 18.1 Å². The van der Waals surface area contributed by atoms with Crippen molar-refractivity contribution in [3.63, 3.8) is 0 Å². The number of amides is 1. The number of aryl methyl sites for hydroxylation is 2. The molecule has 29 heavy (non-hydrogen) atoms. The Balaban J connectivity index is 1.32. The van der Waals surface area contributed by atoms with E-state index in [2.05, 4.69) is 15.4 Å². The zero-order valence-electron chi connectivity index (χ0n) is 15.9. The first-order valence-corrected chi connectivity index (χ1v) is 11.2. The number of benzene rings is 2. The molecule has 1 aliphatic carbocycles. The monoisotopic (exact) mass is 410 g/mol. The van der Waals surface area contributed by atoms with E-state index < -0.39 is 9.84 Å². The van der Waals surface area contributed by atoms with Gasteiger partial charge in [-0.05, 0) is 60.2 Å². The molecule has 0 fully saturated rings. The van der Waals surface area contributed by atoms with Crippen LogP contribution in [0.25, 0.3) is 0 Å². The van der Waals surface area contributed by atoms with Gasteiger partial charge >= 0.3 is 0 Å². The van der Waals surface area contributed by atoms with Gasteiger partial charge in [-0.3, -0.25) is 4.79 Å². The Morgan fingerprint density at radius 1 is 1.07 bits per heavy atom. The third-order valence-electron chi connectivity index (χ3n) is 5.08. The molecule has 1 heterocycles. The quantitative estimate of drug-likeness (QED) is 0.646. The first-order valence-electron chi connectivity index (χ1n) is 9.55. The summed E-state index contributed by atoms with van der Waals surface area (Å²) in [4.78, 5) is 16.4. The summed E-state index contributed by atoms with van der Waals surface area (Å²) in [6.07, 6.45) is 6.03. The Hall–Kier alpha value is -3.00. The van der Waals surface area contributed by atoms with Gasteiger partial charge in [-0.2, -0.15) is 5.10 Å². The number of hydrogen-bond acceptors (Lipinski definition) is 5. The molecule has 4 rings (SSSR count). The highest BCUT2D eigenvalue weighted by molar-refractivity contribution is 7.91. The van der Waals surface area contributed by atoms with E-state index in [1.165, 1.54) is 11.9 Å². The highest BCUT2D eigenvalue weighted by Crippen LogP contribution is 2.25. The number of hydrogen-bond donors (Lipinski definition) is 1. The summed E-state index contributed by atoms with van der Waals surface area (Å²) in [6, 6.07) is 12.7. The van der Waals surface area contributed by atoms with Crippen LogP contribution < -0.4 is 5.32 Å². The van der Waals surface area contributed by atoms with Crippen LogP contribution in [0.1, 0.15) is 29.5 Å². The molecule has 1 aromatic heterocycles. The number of nitrogens with one attached hydrogen (secondary N) is 1. The maximum Gasteiger partial charge on any atom is 0.225 e.